The molecule has 1 saturated heterocycles. The molecule has 0 aliphatic carbocycles. The van der Waals surface area contributed by atoms with Gasteiger partial charge in [-0.25, -0.2) is 9.59 Å². The third-order valence-corrected chi connectivity index (χ3v) is 4.66. The van der Waals surface area contributed by atoms with Crippen LogP contribution in [0.2, 0.25) is 0 Å². The Bertz CT molecular complexity index is 1040. The SMILES string of the molecule is COC(=O)c1cccc(-n2c(C)cc(C=C3C(=O)NC(=O)NC3=O)c2C)c1C. The Morgan fingerprint density at radius 3 is 2.32 bits per heavy atom. The van der Waals surface area contributed by atoms with Crippen molar-refractivity contribution < 1.29 is 23.9 Å². The van der Waals surface area contributed by atoms with Gasteiger partial charge in [0.1, 0.15) is 5.57 Å². The van der Waals surface area contributed by atoms with Crippen LogP contribution in [-0.2, 0) is 14.3 Å². The highest BCUT2D eigenvalue weighted by Gasteiger charge is 2.28. The largest absolute Gasteiger partial charge is 0.465 e. The van der Waals surface area contributed by atoms with Crippen molar-refractivity contribution in [3.8, 4) is 5.69 Å². The molecule has 8 heteroatoms. The smallest absolute Gasteiger partial charge is 0.338 e. The Balaban J connectivity index is 2.11. The average Bonchev–Trinajstić information content (AvgIpc) is 2.91. The van der Waals surface area contributed by atoms with E-state index in [-0.39, 0.29) is 5.57 Å². The van der Waals surface area contributed by atoms with Gasteiger partial charge in [-0.1, -0.05) is 6.07 Å². The van der Waals surface area contributed by atoms with Gasteiger partial charge in [0.05, 0.1) is 12.7 Å². The van der Waals surface area contributed by atoms with Gasteiger partial charge in [-0.05, 0) is 56.2 Å². The number of aryl methyl sites for hydroxylation is 1. The number of methoxy groups -OCH3 is 1. The fraction of sp³-hybridized carbons (Fsp3) is 0.200. The monoisotopic (exact) mass is 381 g/mol. The summed E-state index contributed by atoms with van der Waals surface area (Å²) in [5.41, 5.74) is 4.10. The van der Waals surface area contributed by atoms with Crippen LogP contribution in [0.3, 0.4) is 0 Å². The molecule has 2 heterocycles. The van der Waals surface area contributed by atoms with Crippen molar-refractivity contribution in [3.63, 3.8) is 0 Å². The molecule has 1 aliphatic rings. The lowest BCUT2D eigenvalue weighted by molar-refractivity contribution is -0.123. The number of urea groups is 1. The summed E-state index contributed by atoms with van der Waals surface area (Å²) in [5, 5.41) is 4.10. The van der Waals surface area contributed by atoms with Crippen LogP contribution in [0.1, 0.15) is 32.9 Å². The van der Waals surface area contributed by atoms with E-state index in [0.717, 1.165) is 22.6 Å². The second kappa shape index (κ2) is 7.15. The fourth-order valence-corrected chi connectivity index (χ4v) is 3.26. The second-order valence-corrected chi connectivity index (χ2v) is 6.40. The number of amides is 4. The number of hydrogen-bond acceptors (Lipinski definition) is 5. The van der Waals surface area contributed by atoms with E-state index >= 15 is 0 Å². The maximum Gasteiger partial charge on any atom is 0.338 e. The zero-order chi connectivity index (χ0) is 20.6. The molecule has 1 aromatic heterocycles. The molecular weight excluding hydrogens is 362 g/mol. The van der Waals surface area contributed by atoms with Crippen molar-refractivity contribution in [3.05, 3.63) is 57.9 Å². The van der Waals surface area contributed by atoms with Gasteiger partial charge in [0.25, 0.3) is 11.8 Å². The minimum absolute atomic E-state index is 0.153. The minimum Gasteiger partial charge on any atom is -0.465 e. The molecule has 28 heavy (non-hydrogen) atoms. The predicted octanol–water partition coefficient (Wildman–Crippen LogP) is 1.94. The van der Waals surface area contributed by atoms with Crippen LogP contribution >= 0.6 is 0 Å². The number of carbonyl (C=O) groups excluding carboxylic acids is 4. The number of hydrogen-bond donors (Lipinski definition) is 2. The van der Waals surface area contributed by atoms with Gasteiger partial charge in [0.15, 0.2) is 0 Å². The predicted molar refractivity (Wildman–Crippen MR) is 101 cm³/mol. The summed E-state index contributed by atoms with van der Waals surface area (Å²) in [7, 11) is 1.33. The number of rotatable bonds is 3. The molecule has 0 spiro atoms. The molecule has 2 aromatic rings. The van der Waals surface area contributed by atoms with E-state index in [1.54, 1.807) is 12.1 Å². The lowest BCUT2D eigenvalue weighted by Crippen LogP contribution is -2.51. The first-order valence-corrected chi connectivity index (χ1v) is 8.50. The highest BCUT2D eigenvalue weighted by atomic mass is 16.5. The number of nitrogens with zero attached hydrogens (tertiary/aromatic N) is 1. The first-order chi connectivity index (χ1) is 13.2. The average molecular weight is 381 g/mol. The molecule has 3 rings (SSSR count). The van der Waals surface area contributed by atoms with Gasteiger partial charge in [0.2, 0.25) is 0 Å². The van der Waals surface area contributed by atoms with E-state index in [2.05, 4.69) is 10.6 Å². The molecule has 0 saturated carbocycles. The van der Waals surface area contributed by atoms with Crippen molar-refractivity contribution in [1.82, 2.24) is 15.2 Å². The zero-order valence-corrected chi connectivity index (χ0v) is 15.9. The summed E-state index contributed by atoms with van der Waals surface area (Å²) in [6.07, 6.45) is 1.44. The lowest BCUT2D eigenvalue weighted by Gasteiger charge is -2.15. The molecule has 2 N–H and O–H groups in total. The molecular formula is C20H19N3O5. The number of esters is 1. The summed E-state index contributed by atoms with van der Waals surface area (Å²) >= 11 is 0. The lowest BCUT2D eigenvalue weighted by atomic mass is 10.1. The Kier molecular flexibility index (Phi) is 4.87. The molecule has 1 aromatic carbocycles. The zero-order valence-electron chi connectivity index (χ0n) is 15.9. The van der Waals surface area contributed by atoms with Crippen molar-refractivity contribution in [2.45, 2.75) is 20.8 Å². The van der Waals surface area contributed by atoms with Gasteiger partial charge < -0.3 is 9.30 Å². The summed E-state index contributed by atoms with van der Waals surface area (Å²) in [6.45, 7) is 5.55. The first kappa shape index (κ1) is 19.1. The van der Waals surface area contributed by atoms with Gasteiger partial charge in [-0.3, -0.25) is 20.2 Å². The van der Waals surface area contributed by atoms with Crippen molar-refractivity contribution >= 4 is 29.9 Å². The molecule has 0 atom stereocenters. The number of carbonyl (C=O) groups is 4. The molecule has 0 radical (unpaired) electrons. The van der Waals surface area contributed by atoms with Gasteiger partial charge >= 0.3 is 12.0 Å². The molecule has 1 aliphatic heterocycles. The van der Waals surface area contributed by atoms with Crippen LogP contribution < -0.4 is 10.6 Å². The summed E-state index contributed by atoms with van der Waals surface area (Å²) < 4.78 is 6.76. The third-order valence-electron chi connectivity index (χ3n) is 4.66. The standard InChI is InChI=1S/C20H19N3O5/c1-10-8-13(9-15-17(24)21-20(27)22-18(15)25)12(3)23(10)16-7-5-6-14(11(16)2)19(26)28-4/h5-9H,1-4H3,(H2,21,22,24,25,27). The van der Waals surface area contributed by atoms with Crippen LogP contribution in [0.4, 0.5) is 4.79 Å². The fourth-order valence-electron chi connectivity index (χ4n) is 3.26. The third kappa shape index (κ3) is 3.20. The number of aromatic nitrogens is 1. The van der Waals surface area contributed by atoms with E-state index in [1.807, 2.05) is 37.5 Å². The molecule has 144 valence electrons. The van der Waals surface area contributed by atoms with E-state index in [4.69, 9.17) is 4.74 Å². The van der Waals surface area contributed by atoms with Gasteiger partial charge in [-0.15, -0.1) is 0 Å². The number of barbiturate groups is 1. The van der Waals surface area contributed by atoms with Crippen molar-refractivity contribution in [2.24, 2.45) is 0 Å². The maximum absolute atomic E-state index is 12.0. The summed E-state index contributed by atoms with van der Waals surface area (Å²) in [4.78, 5) is 47.2. The van der Waals surface area contributed by atoms with Crippen LogP contribution in [0.25, 0.3) is 11.8 Å². The number of benzene rings is 1. The number of nitrogens with one attached hydrogen (secondary N) is 2. The highest BCUT2D eigenvalue weighted by molar-refractivity contribution is 6.31. The first-order valence-electron chi connectivity index (χ1n) is 8.50. The van der Waals surface area contributed by atoms with Crippen LogP contribution in [0.5, 0.6) is 0 Å². The van der Waals surface area contributed by atoms with E-state index in [1.165, 1.54) is 13.2 Å². The van der Waals surface area contributed by atoms with Crippen LogP contribution in [0.15, 0.2) is 29.8 Å². The topological polar surface area (TPSA) is 106 Å². The van der Waals surface area contributed by atoms with Gasteiger partial charge in [0, 0.05) is 17.1 Å². The van der Waals surface area contributed by atoms with Crippen molar-refractivity contribution in [2.75, 3.05) is 7.11 Å². The Hall–Kier alpha value is -3.68. The molecule has 4 amide bonds. The summed E-state index contributed by atoms with van der Waals surface area (Å²) in [5.74, 6) is -1.92. The molecule has 1 fully saturated rings. The number of ether oxygens (including phenoxy) is 1. The van der Waals surface area contributed by atoms with Gasteiger partial charge in [-0.2, -0.15) is 0 Å². The van der Waals surface area contributed by atoms with E-state index < -0.39 is 23.8 Å². The Labute approximate surface area is 161 Å². The summed E-state index contributed by atoms with van der Waals surface area (Å²) in [6, 6.07) is 6.31. The Morgan fingerprint density at radius 2 is 1.71 bits per heavy atom. The molecule has 0 unspecified atom stereocenters. The van der Waals surface area contributed by atoms with Crippen LogP contribution in [0, 0.1) is 20.8 Å². The molecule has 0 bridgehead atoms. The highest BCUT2D eigenvalue weighted by Crippen LogP contribution is 2.27. The second-order valence-electron chi connectivity index (χ2n) is 6.40. The maximum atomic E-state index is 12.0. The normalized spacial score (nSPS) is 13.9. The quantitative estimate of drug-likeness (QED) is 0.480. The van der Waals surface area contributed by atoms with Crippen LogP contribution in [-0.4, -0.2) is 35.5 Å². The van der Waals surface area contributed by atoms with Crippen molar-refractivity contribution in [1.29, 1.82) is 0 Å². The van der Waals surface area contributed by atoms with E-state index in [9.17, 15) is 19.2 Å². The number of imide groups is 2. The van der Waals surface area contributed by atoms with E-state index in [0.29, 0.717) is 11.1 Å². The Morgan fingerprint density at radius 1 is 1.07 bits per heavy atom. The molecule has 8 nitrogen and oxygen atoms in total. The minimum atomic E-state index is -0.840.